The van der Waals surface area contributed by atoms with Gasteiger partial charge in [0.2, 0.25) is 0 Å². The molecule has 17 aromatic rings. The molecule has 10 heteroatoms. The summed E-state index contributed by atoms with van der Waals surface area (Å²) in [5.74, 6) is 1.21. The quantitative estimate of drug-likeness (QED) is 0.146. The van der Waals surface area contributed by atoms with Crippen molar-refractivity contribution in [2.45, 2.75) is 0 Å². The molecule has 0 aliphatic rings. The highest BCUT2D eigenvalue weighted by molar-refractivity contribution is 6.25. The van der Waals surface area contributed by atoms with Gasteiger partial charge in [0.1, 0.15) is 22.3 Å². The van der Waals surface area contributed by atoms with Gasteiger partial charge in [0.25, 0.3) is 0 Å². The SMILES string of the molecule is N#Cc1cccc(-c2ccc(-c3nc(-c4ccc(-c5ccccc5C#N)cc4-n4c5ccccc5c5c6oc7ccccc7c6ccc54)nc(-c4ccc(-c5ccccc5C#N)cc4-n4c5ccccc5c5c6oc7ccccc7c6ccc54)n3)cc2)c1. The number of aromatic nitrogens is 5. The van der Waals surface area contributed by atoms with Crippen LogP contribution in [0.1, 0.15) is 16.7 Å². The average Bonchev–Trinajstić information content (AvgIpc) is 1.65. The maximum absolute atomic E-state index is 10.6. The molecule has 0 saturated heterocycles. The molecule has 0 N–H and O–H groups in total. The van der Waals surface area contributed by atoms with Gasteiger partial charge in [0.15, 0.2) is 17.5 Å². The van der Waals surface area contributed by atoms with Crippen molar-refractivity contribution in [1.29, 1.82) is 15.8 Å². The van der Waals surface area contributed by atoms with Gasteiger partial charge < -0.3 is 18.0 Å². The molecule has 0 unspecified atom stereocenters. The van der Waals surface area contributed by atoms with Crippen LogP contribution in [0.4, 0.5) is 0 Å². The fourth-order valence-electron chi connectivity index (χ4n) is 13.1. The minimum atomic E-state index is 0.396. The van der Waals surface area contributed by atoms with E-state index in [1.165, 1.54) is 0 Å². The molecular formula is C78H42N8O2. The van der Waals surface area contributed by atoms with Crippen LogP contribution in [0.5, 0.6) is 0 Å². The molecule has 12 aromatic carbocycles. The standard InChI is InChI=1S/C78H42N8O2/c79-43-46-14-13-17-49(40-46)47-28-30-48(31-29-47)76-82-77(62-34-32-50(54-18-3-1-15-52(54)44-80)41-68(62)85-64-24-9-5-22-60(64)72-66(85)38-36-58-56-20-7-11-26-70(56)87-74(58)72)84-78(83-76)63-35-33-51(55-19-4-2-16-53(55)45-81)42-69(63)86-65-25-10-6-23-61(65)73-67(86)39-37-59-57-21-8-12-27-71(57)88-75(59)73/h1-42H. The predicted octanol–water partition coefficient (Wildman–Crippen LogP) is 19.5. The van der Waals surface area contributed by atoms with Gasteiger partial charge in [0, 0.05) is 49.0 Å². The molecule has 0 amide bonds. The van der Waals surface area contributed by atoms with Crippen LogP contribution < -0.4 is 0 Å². The number of hydrogen-bond donors (Lipinski definition) is 0. The fourth-order valence-corrected chi connectivity index (χ4v) is 13.1. The monoisotopic (exact) mass is 1120 g/mol. The van der Waals surface area contributed by atoms with Crippen molar-refractivity contribution in [3.63, 3.8) is 0 Å². The van der Waals surface area contributed by atoms with Crippen molar-refractivity contribution in [3.8, 4) is 97.1 Å². The Balaban J connectivity index is 0.969. The number of hydrogen-bond acceptors (Lipinski definition) is 8. The van der Waals surface area contributed by atoms with Gasteiger partial charge in [-0.05, 0) is 130 Å². The number of rotatable bonds is 8. The number of para-hydroxylation sites is 4. The van der Waals surface area contributed by atoms with Crippen LogP contribution in [-0.2, 0) is 0 Å². The van der Waals surface area contributed by atoms with Crippen molar-refractivity contribution in [2.75, 3.05) is 0 Å². The third kappa shape index (κ3) is 7.69. The molecule has 17 rings (SSSR count). The lowest BCUT2D eigenvalue weighted by atomic mass is 9.97. The van der Waals surface area contributed by atoms with E-state index < -0.39 is 0 Å². The topological polar surface area (TPSA) is 146 Å². The molecule has 10 nitrogen and oxygen atoms in total. The number of nitrogens with zero attached hydrogens (tertiary/aromatic N) is 8. The molecule has 406 valence electrons. The third-order valence-corrected chi connectivity index (χ3v) is 17.1. The van der Waals surface area contributed by atoms with Gasteiger partial charge in [0.05, 0.1) is 79.1 Å². The molecule has 0 aliphatic carbocycles. The normalized spacial score (nSPS) is 11.6. The Kier molecular flexibility index (Phi) is 11.2. The van der Waals surface area contributed by atoms with Gasteiger partial charge in [-0.15, -0.1) is 0 Å². The van der Waals surface area contributed by atoms with Crippen LogP contribution in [-0.4, -0.2) is 24.1 Å². The Morgan fingerprint density at radius 1 is 0.295 bits per heavy atom. The van der Waals surface area contributed by atoms with Gasteiger partial charge in [-0.3, -0.25) is 0 Å². The van der Waals surface area contributed by atoms with E-state index in [1.807, 2.05) is 140 Å². The molecule has 0 bridgehead atoms. The zero-order chi connectivity index (χ0) is 58.6. The lowest BCUT2D eigenvalue weighted by Gasteiger charge is -2.18. The van der Waals surface area contributed by atoms with Crippen molar-refractivity contribution in [1.82, 2.24) is 24.1 Å². The van der Waals surface area contributed by atoms with E-state index in [2.05, 4.69) is 137 Å². The first-order valence-electron chi connectivity index (χ1n) is 28.8. The smallest absolute Gasteiger partial charge is 0.166 e. The summed E-state index contributed by atoms with van der Waals surface area (Å²) in [4.78, 5) is 16.7. The lowest BCUT2D eigenvalue weighted by molar-refractivity contribution is 0.672. The number of benzene rings is 12. The predicted molar refractivity (Wildman–Crippen MR) is 350 cm³/mol. The van der Waals surface area contributed by atoms with E-state index in [0.717, 1.165) is 138 Å². The zero-order valence-corrected chi connectivity index (χ0v) is 46.6. The maximum Gasteiger partial charge on any atom is 0.166 e. The summed E-state index contributed by atoms with van der Waals surface area (Å²) >= 11 is 0. The average molecular weight is 1120 g/mol. The van der Waals surface area contributed by atoms with Crippen molar-refractivity contribution < 1.29 is 8.83 Å². The largest absolute Gasteiger partial charge is 0.455 e. The Morgan fingerprint density at radius 2 is 0.739 bits per heavy atom. The molecular weight excluding hydrogens is 1080 g/mol. The summed E-state index contributed by atoms with van der Waals surface area (Å²) in [7, 11) is 0. The van der Waals surface area contributed by atoms with Crippen molar-refractivity contribution >= 4 is 87.5 Å². The van der Waals surface area contributed by atoms with Crippen LogP contribution >= 0.6 is 0 Å². The second kappa shape index (κ2) is 19.7. The summed E-state index contributed by atoms with van der Waals surface area (Å²) < 4.78 is 18.1. The Hall–Kier alpha value is -12.7. The van der Waals surface area contributed by atoms with Gasteiger partial charge in [-0.1, -0.05) is 158 Å². The summed E-state index contributed by atoms with van der Waals surface area (Å²) in [6.45, 7) is 0. The van der Waals surface area contributed by atoms with E-state index in [0.29, 0.717) is 45.3 Å². The molecule has 0 saturated carbocycles. The van der Waals surface area contributed by atoms with E-state index in [9.17, 15) is 15.8 Å². The molecule has 0 radical (unpaired) electrons. The minimum absolute atomic E-state index is 0.396. The van der Waals surface area contributed by atoms with Crippen LogP contribution in [0, 0.1) is 34.0 Å². The second-order valence-corrected chi connectivity index (χ2v) is 21.9. The van der Waals surface area contributed by atoms with Crippen LogP contribution in [0.25, 0.3) is 166 Å². The molecule has 5 aromatic heterocycles. The highest BCUT2D eigenvalue weighted by Gasteiger charge is 2.27. The number of furan rings is 2. The highest BCUT2D eigenvalue weighted by Crippen LogP contribution is 2.46. The molecule has 0 spiro atoms. The second-order valence-electron chi connectivity index (χ2n) is 21.9. The summed E-state index contributed by atoms with van der Waals surface area (Å²) in [6, 6.07) is 92.3. The van der Waals surface area contributed by atoms with Crippen molar-refractivity contribution in [3.05, 3.63) is 271 Å². The summed E-state index contributed by atoms with van der Waals surface area (Å²) in [5.41, 5.74) is 17.2. The lowest BCUT2D eigenvalue weighted by Crippen LogP contribution is -2.06. The van der Waals surface area contributed by atoms with Crippen LogP contribution in [0.2, 0.25) is 0 Å². The number of fused-ring (bicyclic) bond motifs is 14. The first kappa shape index (κ1) is 49.9. The highest BCUT2D eigenvalue weighted by atomic mass is 16.3. The van der Waals surface area contributed by atoms with Gasteiger partial charge >= 0.3 is 0 Å². The fraction of sp³-hybridized carbons (Fsp3) is 0. The minimum Gasteiger partial charge on any atom is -0.455 e. The Labute approximate surface area is 502 Å². The van der Waals surface area contributed by atoms with Gasteiger partial charge in [-0.25, -0.2) is 15.0 Å². The first-order valence-corrected chi connectivity index (χ1v) is 28.8. The molecule has 0 atom stereocenters. The molecule has 0 fully saturated rings. The van der Waals surface area contributed by atoms with E-state index in [-0.39, 0.29) is 0 Å². The molecule has 5 heterocycles. The third-order valence-electron chi connectivity index (χ3n) is 17.1. The Bertz CT molecular complexity index is 5630. The molecule has 0 aliphatic heterocycles. The van der Waals surface area contributed by atoms with E-state index in [4.69, 9.17) is 23.8 Å². The van der Waals surface area contributed by atoms with Crippen LogP contribution in [0.3, 0.4) is 0 Å². The number of nitriles is 3. The van der Waals surface area contributed by atoms with E-state index in [1.54, 1.807) is 6.07 Å². The summed E-state index contributed by atoms with van der Waals surface area (Å²) in [5, 5.41) is 39.0. The van der Waals surface area contributed by atoms with E-state index >= 15 is 0 Å². The van der Waals surface area contributed by atoms with Crippen molar-refractivity contribution in [2.24, 2.45) is 0 Å². The maximum atomic E-state index is 10.6. The summed E-state index contributed by atoms with van der Waals surface area (Å²) in [6.07, 6.45) is 0. The van der Waals surface area contributed by atoms with Crippen LogP contribution in [0.15, 0.2) is 264 Å². The van der Waals surface area contributed by atoms with Gasteiger partial charge in [-0.2, -0.15) is 15.8 Å². The molecule has 88 heavy (non-hydrogen) atoms. The Morgan fingerprint density at radius 3 is 1.25 bits per heavy atom. The zero-order valence-electron chi connectivity index (χ0n) is 46.6. The first-order chi connectivity index (χ1) is 43.5.